The Kier molecular flexibility index (Phi) is 5.67. The smallest absolute Gasteiger partial charge is 0.233 e. The molecule has 0 spiro atoms. The SMILES string of the molecule is Cc1ccc(-n2cnnc2SCC(=O)N2CC=C(c3ccc(O)cc3)CC2)cc1. The number of thioether (sulfide) groups is 1. The molecule has 0 saturated heterocycles. The molecule has 2 heterocycles. The normalized spacial score (nSPS) is 14.0. The van der Waals surface area contributed by atoms with Crippen LogP contribution in [0.3, 0.4) is 0 Å². The van der Waals surface area contributed by atoms with Crippen LogP contribution in [0.15, 0.2) is 66.1 Å². The van der Waals surface area contributed by atoms with Crippen LogP contribution in [0.2, 0.25) is 0 Å². The van der Waals surface area contributed by atoms with Crippen molar-refractivity contribution in [2.45, 2.75) is 18.5 Å². The van der Waals surface area contributed by atoms with Gasteiger partial charge in [-0.2, -0.15) is 0 Å². The summed E-state index contributed by atoms with van der Waals surface area (Å²) >= 11 is 1.40. The van der Waals surface area contributed by atoms with Crippen LogP contribution in [0.25, 0.3) is 11.3 Å². The van der Waals surface area contributed by atoms with Gasteiger partial charge in [-0.15, -0.1) is 10.2 Å². The van der Waals surface area contributed by atoms with Gasteiger partial charge in [0.2, 0.25) is 5.91 Å². The number of hydrogen-bond donors (Lipinski definition) is 1. The van der Waals surface area contributed by atoms with Gasteiger partial charge in [0.1, 0.15) is 12.1 Å². The van der Waals surface area contributed by atoms with Crippen LogP contribution in [0.1, 0.15) is 17.5 Å². The highest BCUT2D eigenvalue weighted by molar-refractivity contribution is 7.99. The number of aromatic nitrogens is 3. The molecule has 7 heteroatoms. The number of carbonyl (C=O) groups is 1. The molecule has 2 aromatic carbocycles. The fourth-order valence-electron chi connectivity index (χ4n) is 3.26. The largest absolute Gasteiger partial charge is 0.508 e. The summed E-state index contributed by atoms with van der Waals surface area (Å²) in [6.07, 6.45) is 4.57. The van der Waals surface area contributed by atoms with Crippen molar-refractivity contribution in [3.05, 3.63) is 72.1 Å². The van der Waals surface area contributed by atoms with E-state index in [1.54, 1.807) is 18.5 Å². The third-order valence-corrected chi connectivity index (χ3v) is 5.88. The molecule has 0 bridgehead atoms. The van der Waals surface area contributed by atoms with Gasteiger partial charge in [-0.1, -0.05) is 47.7 Å². The van der Waals surface area contributed by atoms with E-state index in [0.717, 1.165) is 17.7 Å². The van der Waals surface area contributed by atoms with Crippen molar-refractivity contribution in [1.82, 2.24) is 19.7 Å². The average molecular weight is 407 g/mol. The minimum atomic E-state index is 0.0921. The molecule has 0 unspecified atom stereocenters. The van der Waals surface area contributed by atoms with E-state index >= 15 is 0 Å². The van der Waals surface area contributed by atoms with Crippen molar-refractivity contribution in [3.63, 3.8) is 0 Å². The van der Waals surface area contributed by atoms with Crippen molar-refractivity contribution in [1.29, 1.82) is 0 Å². The van der Waals surface area contributed by atoms with E-state index < -0.39 is 0 Å². The molecule has 4 rings (SSSR count). The number of phenolic OH excluding ortho intramolecular Hbond substituents is 1. The van der Waals surface area contributed by atoms with Crippen molar-refractivity contribution in [2.24, 2.45) is 0 Å². The predicted octanol–water partition coefficient (Wildman–Crippen LogP) is 3.69. The highest BCUT2D eigenvalue weighted by Crippen LogP contribution is 2.25. The Morgan fingerprint density at radius 3 is 2.59 bits per heavy atom. The van der Waals surface area contributed by atoms with Gasteiger partial charge in [-0.25, -0.2) is 0 Å². The summed E-state index contributed by atoms with van der Waals surface area (Å²) in [4.78, 5) is 14.5. The van der Waals surface area contributed by atoms with Crippen LogP contribution in [0, 0.1) is 6.92 Å². The van der Waals surface area contributed by atoms with Gasteiger partial charge in [-0.3, -0.25) is 9.36 Å². The fraction of sp³-hybridized carbons (Fsp3) is 0.227. The second-order valence-corrected chi connectivity index (χ2v) is 7.92. The van der Waals surface area contributed by atoms with Gasteiger partial charge < -0.3 is 10.0 Å². The Labute approximate surface area is 173 Å². The van der Waals surface area contributed by atoms with Crippen LogP contribution < -0.4 is 0 Å². The summed E-state index contributed by atoms with van der Waals surface area (Å²) in [6.45, 7) is 3.33. The lowest BCUT2D eigenvalue weighted by Crippen LogP contribution is -2.35. The van der Waals surface area contributed by atoms with Crippen LogP contribution in [-0.4, -0.2) is 49.5 Å². The summed E-state index contributed by atoms with van der Waals surface area (Å²) < 4.78 is 1.90. The minimum Gasteiger partial charge on any atom is -0.508 e. The Hall–Kier alpha value is -3.06. The summed E-state index contributed by atoms with van der Waals surface area (Å²) in [5.74, 6) is 0.680. The lowest BCUT2D eigenvalue weighted by Gasteiger charge is -2.26. The van der Waals surface area contributed by atoms with E-state index in [1.165, 1.54) is 22.9 Å². The molecular formula is C22H22N4O2S. The molecule has 0 atom stereocenters. The Morgan fingerprint density at radius 1 is 1.14 bits per heavy atom. The molecule has 3 aromatic rings. The van der Waals surface area contributed by atoms with E-state index in [1.807, 2.05) is 52.8 Å². The van der Waals surface area contributed by atoms with Crippen molar-refractivity contribution in [3.8, 4) is 11.4 Å². The number of phenols is 1. The zero-order valence-electron chi connectivity index (χ0n) is 16.2. The van der Waals surface area contributed by atoms with E-state index in [9.17, 15) is 9.90 Å². The summed E-state index contributed by atoms with van der Waals surface area (Å²) in [5, 5.41) is 18.3. The molecule has 1 aliphatic rings. The lowest BCUT2D eigenvalue weighted by molar-refractivity contribution is -0.127. The van der Waals surface area contributed by atoms with Gasteiger partial charge in [0.15, 0.2) is 5.16 Å². The van der Waals surface area contributed by atoms with Crippen molar-refractivity contribution in [2.75, 3.05) is 18.8 Å². The summed E-state index contributed by atoms with van der Waals surface area (Å²) in [7, 11) is 0. The molecule has 0 fully saturated rings. The van der Waals surface area contributed by atoms with Crippen LogP contribution in [-0.2, 0) is 4.79 Å². The fourth-order valence-corrected chi connectivity index (χ4v) is 4.09. The first-order valence-corrected chi connectivity index (χ1v) is 10.4. The average Bonchev–Trinajstić information content (AvgIpc) is 3.22. The van der Waals surface area contributed by atoms with Gasteiger partial charge in [0, 0.05) is 18.8 Å². The van der Waals surface area contributed by atoms with Gasteiger partial charge in [-0.05, 0) is 48.7 Å². The molecule has 148 valence electrons. The number of hydrogen-bond acceptors (Lipinski definition) is 5. The lowest BCUT2D eigenvalue weighted by atomic mass is 9.99. The van der Waals surface area contributed by atoms with E-state index in [0.29, 0.717) is 24.0 Å². The minimum absolute atomic E-state index is 0.0921. The maximum Gasteiger partial charge on any atom is 0.233 e. The molecule has 29 heavy (non-hydrogen) atoms. The highest BCUT2D eigenvalue weighted by atomic mass is 32.2. The zero-order valence-corrected chi connectivity index (χ0v) is 17.0. The number of rotatable bonds is 5. The molecule has 1 aliphatic heterocycles. The molecule has 0 aliphatic carbocycles. The van der Waals surface area contributed by atoms with Crippen molar-refractivity contribution >= 4 is 23.2 Å². The van der Waals surface area contributed by atoms with Gasteiger partial charge >= 0.3 is 0 Å². The van der Waals surface area contributed by atoms with E-state index in [2.05, 4.69) is 16.3 Å². The van der Waals surface area contributed by atoms with Crippen LogP contribution in [0.4, 0.5) is 0 Å². The monoisotopic (exact) mass is 406 g/mol. The van der Waals surface area contributed by atoms with E-state index in [4.69, 9.17) is 0 Å². The number of carbonyl (C=O) groups excluding carboxylic acids is 1. The second kappa shape index (κ2) is 8.53. The summed E-state index contributed by atoms with van der Waals surface area (Å²) in [5.41, 5.74) is 4.47. The first kappa shape index (κ1) is 19.3. The third kappa shape index (κ3) is 4.51. The van der Waals surface area contributed by atoms with Gasteiger partial charge in [0.05, 0.1) is 5.75 Å². The van der Waals surface area contributed by atoms with E-state index in [-0.39, 0.29) is 11.7 Å². The first-order valence-electron chi connectivity index (χ1n) is 9.46. The number of benzene rings is 2. The first-order chi connectivity index (χ1) is 14.1. The molecule has 6 nitrogen and oxygen atoms in total. The second-order valence-electron chi connectivity index (χ2n) is 6.97. The van der Waals surface area contributed by atoms with Crippen LogP contribution >= 0.6 is 11.8 Å². The molecular weight excluding hydrogens is 384 g/mol. The number of nitrogens with zero attached hydrogens (tertiary/aromatic N) is 4. The zero-order chi connectivity index (χ0) is 20.2. The molecule has 1 aromatic heterocycles. The summed E-state index contributed by atoms with van der Waals surface area (Å²) in [6, 6.07) is 15.3. The Morgan fingerprint density at radius 2 is 1.90 bits per heavy atom. The van der Waals surface area contributed by atoms with Crippen LogP contribution in [0.5, 0.6) is 5.75 Å². The molecule has 0 radical (unpaired) electrons. The van der Waals surface area contributed by atoms with Crippen molar-refractivity contribution < 1.29 is 9.90 Å². The number of amides is 1. The topological polar surface area (TPSA) is 71.2 Å². The standard InChI is InChI=1S/C22H22N4O2S/c1-16-2-6-19(7-3-16)26-15-23-24-22(26)29-14-21(28)25-12-10-18(11-13-25)17-4-8-20(27)9-5-17/h2-10,15,27H,11-14H2,1H3. The highest BCUT2D eigenvalue weighted by Gasteiger charge is 2.19. The number of aryl methyl sites for hydroxylation is 1. The Bertz CT molecular complexity index is 1030. The number of aromatic hydroxyl groups is 1. The maximum atomic E-state index is 12.7. The third-order valence-electron chi connectivity index (χ3n) is 4.95. The molecule has 1 N–H and O–H groups in total. The Balaban J connectivity index is 1.36. The molecule has 0 saturated carbocycles. The quantitative estimate of drug-likeness (QED) is 0.655. The van der Waals surface area contributed by atoms with Gasteiger partial charge in [0.25, 0.3) is 0 Å². The predicted molar refractivity (Wildman–Crippen MR) is 114 cm³/mol. The molecule has 1 amide bonds. The maximum absolute atomic E-state index is 12.7.